The van der Waals surface area contributed by atoms with Crippen molar-refractivity contribution in [1.82, 2.24) is 9.88 Å². The smallest absolute Gasteiger partial charge is 0.224 e. The van der Waals surface area contributed by atoms with Gasteiger partial charge in [-0.15, -0.1) is 0 Å². The number of nitrogens with zero attached hydrogens (tertiary/aromatic N) is 2. The van der Waals surface area contributed by atoms with Crippen LogP contribution in [0.25, 0.3) is 0 Å². The maximum atomic E-state index is 12.6. The molecule has 2 aromatic rings. The third-order valence-corrected chi connectivity index (χ3v) is 4.07. The van der Waals surface area contributed by atoms with Gasteiger partial charge < -0.3 is 15.0 Å². The van der Waals surface area contributed by atoms with E-state index in [2.05, 4.69) is 10.3 Å². The van der Waals surface area contributed by atoms with Gasteiger partial charge in [-0.2, -0.15) is 0 Å². The van der Waals surface area contributed by atoms with Crippen LogP contribution in [-0.4, -0.2) is 35.5 Å². The Kier molecular flexibility index (Phi) is 7.07. The van der Waals surface area contributed by atoms with Crippen LogP contribution in [-0.2, 0) is 11.3 Å². The maximum Gasteiger partial charge on any atom is 0.224 e. The van der Waals surface area contributed by atoms with Crippen LogP contribution in [0.3, 0.4) is 0 Å². The normalized spacial score (nSPS) is 10.6. The lowest BCUT2D eigenvalue weighted by Gasteiger charge is -2.27. The lowest BCUT2D eigenvalue weighted by Crippen LogP contribution is -2.37. The summed E-state index contributed by atoms with van der Waals surface area (Å²) < 4.78 is 5.30. The topological polar surface area (TPSA) is 54.5 Å². The van der Waals surface area contributed by atoms with Gasteiger partial charge in [0.2, 0.25) is 5.91 Å². The van der Waals surface area contributed by atoms with Gasteiger partial charge in [-0.05, 0) is 43.7 Å². The second kappa shape index (κ2) is 9.28. The molecule has 1 aromatic heterocycles. The number of rotatable bonds is 8. The quantitative estimate of drug-likeness (QED) is 0.772. The number of nitrogens with one attached hydrogen (secondary N) is 1. The molecule has 0 aliphatic heterocycles. The minimum Gasteiger partial charge on any atom is -0.495 e. The molecule has 2 rings (SSSR count). The Balaban J connectivity index is 1.94. The van der Waals surface area contributed by atoms with E-state index in [1.807, 2.05) is 30.9 Å². The molecule has 0 aliphatic carbocycles. The van der Waals surface area contributed by atoms with Crippen LogP contribution < -0.4 is 10.1 Å². The van der Waals surface area contributed by atoms with Crippen LogP contribution in [0.5, 0.6) is 5.75 Å². The van der Waals surface area contributed by atoms with Gasteiger partial charge >= 0.3 is 0 Å². The van der Waals surface area contributed by atoms with Crippen LogP contribution in [0.1, 0.15) is 25.8 Å². The van der Waals surface area contributed by atoms with Crippen LogP contribution in [0.2, 0.25) is 5.02 Å². The van der Waals surface area contributed by atoms with Crippen molar-refractivity contribution >= 4 is 23.2 Å². The van der Waals surface area contributed by atoms with Gasteiger partial charge in [0.1, 0.15) is 5.75 Å². The third-order valence-electron chi connectivity index (χ3n) is 3.84. The molecule has 1 heterocycles. The van der Waals surface area contributed by atoms with Crippen LogP contribution in [0.15, 0.2) is 42.7 Å². The molecule has 0 saturated heterocycles. The maximum absolute atomic E-state index is 12.6. The van der Waals surface area contributed by atoms with Crippen molar-refractivity contribution in [3.05, 3.63) is 53.3 Å². The van der Waals surface area contributed by atoms with Gasteiger partial charge in [-0.25, -0.2) is 0 Å². The molecule has 0 bridgehead atoms. The zero-order chi connectivity index (χ0) is 18.2. The summed E-state index contributed by atoms with van der Waals surface area (Å²) in [5.74, 6) is 0.792. The molecule has 0 atom stereocenters. The van der Waals surface area contributed by atoms with Crippen molar-refractivity contribution in [2.24, 2.45) is 0 Å². The lowest BCUT2D eigenvalue weighted by molar-refractivity contribution is -0.133. The number of ether oxygens (including phenoxy) is 1. The van der Waals surface area contributed by atoms with E-state index in [9.17, 15) is 4.79 Å². The van der Waals surface area contributed by atoms with Gasteiger partial charge in [0.15, 0.2) is 0 Å². The summed E-state index contributed by atoms with van der Waals surface area (Å²) in [6, 6.07) is 9.34. The Morgan fingerprint density at radius 1 is 1.36 bits per heavy atom. The van der Waals surface area contributed by atoms with E-state index in [1.165, 1.54) is 0 Å². The zero-order valence-electron chi connectivity index (χ0n) is 14.8. The van der Waals surface area contributed by atoms with Crippen molar-refractivity contribution < 1.29 is 9.53 Å². The fraction of sp³-hybridized carbons (Fsp3) is 0.368. The Hall–Kier alpha value is -2.27. The van der Waals surface area contributed by atoms with Crippen LogP contribution >= 0.6 is 11.6 Å². The number of pyridine rings is 1. The molecule has 0 saturated carbocycles. The van der Waals surface area contributed by atoms with E-state index in [4.69, 9.17) is 16.3 Å². The number of benzene rings is 1. The van der Waals surface area contributed by atoms with Crippen molar-refractivity contribution in [3.8, 4) is 5.75 Å². The fourth-order valence-corrected chi connectivity index (χ4v) is 2.69. The predicted molar refractivity (Wildman–Crippen MR) is 101 cm³/mol. The molecule has 5 nitrogen and oxygen atoms in total. The van der Waals surface area contributed by atoms with E-state index < -0.39 is 0 Å². The first-order valence-corrected chi connectivity index (χ1v) is 8.65. The number of amides is 1. The van der Waals surface area contributed by atoms with E-state index in [1.54, 1.807) is 37.7 Å². The summed E-state index contributed by atoms with van der Waals surface area (Å²) >= 11 is 6.02. The van der Waals surface area contributed by atoms with Crippen LogP contribution in [0, 0.1) is 0 Å². The number of carbonyl (C=O) groups is 1. The molecule has 1 amide bonds. The summed E-state index contributed by atoms with van der Waals surface area (Å²) in [5, 5.41) is 3.84. The molecule has 0 aliphatic rings. The average Bonchev–Trinajstić information content (AvgIpc) is 2.60. The molecular formula is C19H24ClN3O2. The molecule has 0 radical (unpaired) electrons. The predicted octanol–water partition coefficient (Wildman–Crippen LogP) is 3.98. The number of carbonyl (C=O) groups excluding carboxylic acids is 1. The largest absolute Gasteiger partial charge is 0.495 e. The molecule has 0 unspecified atom stereocenters. The Morgan fingerprint density at radius 2 is 2.16 bits per heavy atom. The first kappa shape index (κ1) is 19.1. The highest BCUT2D eigenvalue weighted by atomic mass is 35.5. The van der Waals surface area contributed by atoms with Gasteiger partial charge in [-0.1, -0.05) is 17.7 Å². The lowest BCUT2D eigenvalue weighted by atomic mass is 10.2. The highest BCUT2D eigenvalue weighted by Gasteiger charge is 2.17. The van der Waals surface area contributed by atoms with Gasteiger partial charge in [0.05, 0.1) is 12.8 Å². The number of halogens is 1. The Morgan fingerprint density at radius 3 is 2.80 bits per heavy atom. The molecule has 1 N–H and O–H groups in total. The fourth-order valence-electron chi connectivity index (χ4n) is 2.51. The Labute approximate surface area is 154 Å². The first-order valence-electron chi connectivity index (χ1n) is 8.27. The monoisotopic (exact) mass is 361 g/mol. The zero-order valence-corrected chi connectivity index (χ0v) is 15.6. The van der Waals surface area contributed by atoms with Gasteiger partial charge in [0, 0.05) is 43.0 Å². The summed E-state index contributed by atoms with van der Waals surface area (Å²) in [7, 11) is 1.61. The van der Waals surface area contributed by atoms with Crippen molar-refractivity contribution in [2.45, 2.75) is 32.9 Å². The minimum absolute atomic E-state index is 0.0901. The van der Waals surface area contributed by atoms with E-state index in [-0.39, 0.29) is 11.9 Å². The molecular weight excluding hydrogens is 338 g/mol. The first-order chi connectivity index (χ1) is 12.0. The minimum atomic E-state index is 0.0901. The second-order valence-corrected chi connectivity index (χ2v) is 6.43. The molecule has 134 valence electrons. The number of aromatic nitrogens is 1. The number of anilines is 1. The summed E-state index contributed by atoms with van der Waals surface area (Å²) in [4.78, 5) is 18.6. The number of hydrogen-bond acceptors (Lipinski definition) is 4. The summed E-state index contributed by atoms with van der Waals surface area (Å²) in [5.41, 5.74) is 1.81. The van der Waals surface area contributed by atoms with E-state index in [0.717, 1.165) is 11.3 Å². The highest BCUT2D eigenvalue weighted by molar-refractivity contribution is 6.30. The summed E-state index contributed by atoms with van der Waals surface area (Å²) in [6.07, 6.45) is 3.90. The van der Waals surface area contributed by atoms with Crippen molar-refractivity contribution in [1.29, 1.82) is 0 Å². The SMILES string of the molecule is COc1ccc(Cl)cc1NCCC(=O)N(Cc1cccnc1)C(C)C. The van der Waals surface area contributed by atoms with E-state index in [0.29, 0.717) is 30.3 Å². The van der Waals surface area contributed by atoms with E-state index >= 15 is 0 Å². The van der Waals surface area contributed by atoms with Crippen molar-refractivity contribution in [2.75, 3.05) is 19.0 Å². The average molecular weight is 362 g/mol. The highest BCUT2D eigenvalue weighted by Crippen LogP contribution is 2.27. The molecule has 25 heavy (non-hydrogen) atoms. The number of methoxy groups -OCH3 is 1. The molecule has 0 spiro atoms. The summed E-state index contributed by atoms with van der Waals surface area (Å²) in [6.45, 7) is 5.10. The second-order valence-electron chi connectivity index (χ2n) is 6.00. The third kappa shape index (κ3) is 5.64. The standard InChI is InChI=1S/C19H24ClN3O2/c1-14(2)23(13-15-5-4-9-21-12-15)19(24)8-10-22-17-11-16(20)6-7-18(17)25-3/h4-7,9,11-12,14,22H,8,10,13H2,1-3H3. The Bertz CT molecular complexity index is 692. The van der Waals surface area contributed by atoms with Gasteiger partial charge in [0.25, 0.3) is 0 Å². The molecule has 1 aromatic carbocycles. The van der Waals surface area contributed by atoms with Gasteiger partial charge in [-0.3, -0.25) is 9.78 Å². The molecule has 0 fully saturated rings. The number of hydrogen-bond donors (Lipinski definition) is 1. The molecule has 6 heteroatoms. The van der Waals surface area contributed by atoms with Crippen LogP contribution in [0.4, 0.5) is 5.69 Å². The van der Waals surface area contributed by atoms with Crippen molar-refractivity contribution in [3.63, 3.8) is 0 Å².